The summed E-state index contributed by atoms with van der Waals surface area (Å²) in [7, 11) is 0. The standard InChI is InChI=1S/C16H20FN3.H2/c1-6-10-18-12(3)13(4)20-14-8-9-15(19-11-14)16(5,17)7-2;/h6-11,20H,2,4H2,1,3,5H3;1H/b10-6-,18-12?;. The Labute approximate surface area is 121 Å². The van der Waals surface area contributed by atoms with E-state index in [4.69, 9.17) is 0 Å². The number of hydrogen-bond acceptors (Lipinski definition) is 3. The van der Waals surface area contributed by atoms with Crippen molar-refractivity contribution in [2.24, 2.45) is 4.99 Å². The molecule has 1 N–H and O–H groups in total. The molecule has 1 aromatic heterocycles. The molecule has 4 heteroatoms. The molecule has 20 heavy (non-hydrogen) atoms. The molecule has 0 saturated carbocycles. The van der Waals surface area contributed by atoms with E-state index in [0.717, 1.165) is 11.4 Å². The van der Waals surface area contributed by atoms with Crippen LogP contribution in [0.25, 0.3) is 0 Å². The van der Waals surface area contributed by atoms with Gasteiger partial charge in [0.2, 0.25) is 0 Å². The molecule has 0 aliphatic rings. The Balaban J connectivity index is 0.00000400. The summed E-state index contributed by atoms with van der Waals surface area (Å²) in [4.78, 5) is 8.28. The van der Waals surface area contributed by atoms with E-state index in [1.165, 1.54) is 13.0 Å². The lowest BCUT2D eigenvalue weighted by Crippen LogP contribution is -2.13. The second-order valence-electron chi connectivity index (χ2n) is 4.51. The van der Waals surface area contributed by atoms with Crippen molar-refractivity contribution in [3.63, 3.8) is 0 Å². The third-order valence-electron chi connectivity index (χ3n) is 2.80. The highest BCUT2D eigenvalue weighted by Gasteiger charge is 2.22. The number of alkyl halides is 1. The van der Waals surface area contributed by atoms with E-state index in [-0.39, 0.29) is 1.43 Å². The van der Waals surface area contributed by atoms with Gasteiger partial charge >= 0.3 is 0 Å². The molecule has 0 amide bonds. The predicted molar refractivity (Wildman–Crippen MR) is 85.7 cm³/mol. The number of rotatable bonds is 6. The van der Waals surface area contributed by atoms with Gasteiger partial charge < -0.3 is 5.32 Å². The fraction of sp³-hybridized carbons (Fsp3) is 0.250. The minimum Gasteiger partial charge on any atom is -0.353 e. The summed E-state index contributed by atoms with van der Waals surface area (Å²) in [5, 5.41) is 3.08. The second kappa shape index (κ2) is 6.80. The average molecular weight is 275 g/mol. The highest BCUT2D eigenvalue weighted by Crippen LogP contribution is 2.25. The smallest absolute Gasteiger partial charge is 0.167 e. The predicted octanol–water partition coefficient (Wildman–Crippen LogP) is 4.62. The molecule has 0 saturated heterocycles. The molecule has 0 spiro atoms. The molecular weight excluding hydrogens is 253 g/mol. The molecule has 1 aromatic rings. The summed E-state index contributed by atoms with van der Waals surface area (Å²) < 4.78 is 14.0. The first-order valence-electron chi connectivity index (χ1n) is 6.31. The van der Waals surface area contributed by atoms with Crippen LogP contribution in [0.5, 0.6) is 0 Å². The zero-order valence-electron chi connectivity index (χ0n) is 12.2. The number of halogens is 1. The fourth-order valence-corrected chi connectivity index (χ4v) is 1.39. The van der Waals surface area contributed by atoms with Crippen molar-refractivity contribution in [1.29, 1.82) is 0 Å². The molecule has 1 rings (SSSR count). The highest BCUT2D eigenvalue weighted by atomic mass is 19.1. The highest BCUT2D eigenvalue weighted by molar-refractivity contribution is 6.00. The first kappa shape index (κ1) is 15.8. The molecule has 0 aliphatic heterocycles. The molecule has 1 unspecified atom stereocenters. The molecule has 1 atom stereocenters. The van der Waals surface area contributed by atoms with Crippen LogP contribution in [0.3, 0.4) is 0 Å². The maximum Gasteiger partial charge on any atom is 0.167 e. The second-order valence-corrected chi connectivity index (χ2v) is 4.51. The molecule has 1 heterocycles. The van der Waals surface area contributed by atoms with Crippen LogP contribution < -0.4 is 5.32 Å². The zero-order valence-corrected chi connectivity index (χ0v) is 12.2. The average Bonchev–Trinajstić information content (AvgIpc) is 2.45. The van der Waals surface area contributed by atoms with Gasteiger partial charge in [0.25, 0.3) is 0 Å². The molecule has 0 radical (unpaired) electrons. The van der Waals surface area contributed by atoms with Crippen LogP contribution in [0.4, 0.5) is 10.1 Å². The zero-order chi connectivity index (χ0) is 15.2. The van der Waals surface area contributed by atoms with Crippen molar-refractivity contribution in [1.82, 2.24) is 4.98 Å². The first-order valence-corrected chi connectivity index (χ1v) is 6.31. The molecular formula is C16H22FN3. The number of aromatic nitrogens is 1. The quantitative estimate of drug-likeness (QED) is 0.607. The maximum atomic E-state index is 14.0. The van der Waals surface area contributed by atoms with Crippen LogP contribution >= 0.6 is 0 Å². The summed E-state index contributed by atoms with van der Waals surface area (Å²) in [6.07, 6.45) is 6.33. The van der Waals surface area contributed by atoms with E-state index in [2.05, 4.69) is 28.5 Å². The SMILES string of the molecule is C=CC(C)(F)c1ccc(NC(=C)C(C)=N/C=C\C)cn1.[HH]. The van der Waals surface area contributed by atoms with Gasteiger partial charge in [-0.3, -0.25) is 9.98 Å². The van der Waals surface area contributed by atoms with Gasteiger partial charge in [0, 0.05) is 7.63 Å². The van der Waals surface area contributed by atoms with Crippen LogP contribution in [0.1, 0.15) is 27.9 Å². The molecule has 0 fully saturated rings. The maximum absolute atomic E-state index is 14.0. The van der Waals surface area contributed by atoms with Gasteiger partial charge in [-0.25, -0.2) is 4.39 Å². The normalized spacial score (nSPS) is 14.9. The van der Waals surface area contributed by atoms with E-state index >= 15 is 0 Å². The van der Waals surface area contributed by atoms with Gasteiger partial charge in [-0.1, -0.05) is 19.2 Å². The van der Waals surface area contributed by atoms with Crippen LogP contribution in [-0.2, 0) is 5.67 Å². The van der Waals surface area contributed by atoms with Gasteiger partial charge in [-0.2, -0.15) is 0 Å². The number of pyridine rings is 1. The Morgan fingerprint density at radius 3 is 2.75 bits per heavy atom. The number of aliphatic imine (C=N–C) groups is 1. The largest absolute Gasteiger partial charge is 0.353 e. The molecule has 0 bridgehead atoms. The molecule has 0 aliphatic carbocycles. The Kier molecular flexibility index (Phi) is 5.38. The third kappa shape index (κ3) is 4.16. The fourth-order valence-electron chi connectivity index (χ4n) is 1.39. The summed E-state index contributed by atoms with van der Waals surface area (Å²) in [6.45, 7) is 12.5. The Hall–Kier alpha value is -2.23. The van der Waals surface area contributed by atoms with E-state index in [0.29, 0.717) is 11.4 Å². The van der Waals surface area contributed by atoms with Crippen molar-refractivity contribution >= 4 is 11.4 Å². The minimum atomic E-state index is -1.63. The third-order valence-corrected chi connectivity index (χ3v) is 2.80. The summed E-state index contributed by atoms with van der Waals surface area (Å²) >= 11 is 0. The van der Waals surface area contributed by atoms with Gasteiger partial charge in [-0.15, -0.1) is 0 Å². The van der Waals surface area contributed by atoms with E-state index < -0.39 is 5.67 Å². The lowest BCUT2D eigenvalue weighted by molar-refractivity contribution is 0.257. The van der Waals surface area contributed by atoms with Crippen LogP contribution in [0.15, 0.2) is 60.5 Å². The Bertz CT molecular complexity index is 545. The Morgan fingerprint density at radius 1 is 1.55 bits per heavy atom. The van der Waals surface area contributed by atoms with E-state index in [1.54, 1.807) is 24.5 Å². The topological polar surface area (TPSA) is 37.3 Å². The molecule has 0 aromatic carbocycles. The van der Waals surface area contributed by atoms with Gasteiger partial charge in [0.15, 0.2) is 5.67 Å². The monoisotopic (exact) mass is 275 g/mol. The van der Waals surface area contributed by atoms with Crippen molar-refractivity contribution in [2.75, 3.05) is 5.32 Å². The van der Waals surface area contributed by atoms with Crippen LogP contribution in [0, 0.1) is 0 Å². The van der Waals surface area contributed by atoms with E-state index in [1.807, 2.05) is 19.9 Å². The van der Waals surface area contributed by atoms with Crippen molar-refractivity contribution < 1.29 is 5.82 Å². The minimum absolute atomic E-state index is 0. The van der Waals surface area contributed by atoms with Gasteiger partial charge in [0.1, 0.15) is 0 Å². The van der Waals surface area contributed by atoms with Crippen LogP contribution in [-0.4, -0.2) is 10.7 Å². The number of allylic oxidation sites excluding steroid dienone is 3. The molecule has 3 nitrogen and oxygen atoms in total. The molecule has 108 valence electrons. The van der Waals surface area contributed by atoms with Crippen molar-refractivity contribution in [2.45, 2.75) is 26.4 Å². The number of nitrogens with zero attached hydrogens (tertiary/aromatic N) is 2. The number of hydrogen-bond donors (Lipinski definition) is 1. The summed E-state index contributed by atoms with van der Waals surface area (Å²) in [5.41, 5.74) is 0.869. The summed E-state index contributed by atoms with van der Waals surface area (Å²) in [5.74, 6) is 0. The lowest BCUT2D eigenvalue weighted by atomic mass is 10.0. The first-order chi connectivity index (χ1) is 9.40. The number of anilines is 1. The van der Waals surface area contributed by atoms with Crippen molar-refractivity contribution in [3.05, 3.63) is 61.2 Å². The Morgan fingerprint density at radius 2 is 2.25 bits per heavy atom. The summed E-state index contributed by atoms with van der Waals surface area (Å²) in [6, 6.07) is 3.37. The van der Waals surface area contributed by atoms with Crippen LogP contribution in [0.2, 0.25) is 0 Å². The van der Waals surface area contributed by atoms with Gasteiger partial charge in [-0.05, 0) is 39.0 Å². The van der Waals surface area contributed by atoms with Crippen molar-refractivity contribution in [3.8, 4) is 0 Å². The number of nitrogens with one attached hydrogen (secondary N) is 1. The lowest BCUT2D eigenvalue weighted by Gasteiger charge is -2.15. The van der Waals surface area contributed by atoms with E-state index in [9.17, 15) is 4.39 Å². The van der Waals surface area contributed by atoms with Gasteiger partial charge in [0.05, 0.1) is 29.0 Å².